The number of nitrogens with zero attached hydrogens (tertiary/aromatic N) is 2. The molecule has 0 bridgehead atoms. The van der Waals surface area contributed by atoms with Crippen LogP contribution in [0, 0.1) is 6.92 Å². The van der Waals surface area contributed by atoms with Crippen LogP contribution in [0.15, 0.2) is 34.9 Å². The Morgan fingerprint density at radius 1 is 1.28 bits per heavy atom. The quantitative estimate of drug-likeness (QED) is 0.814. The van der Waals surface area contributed by atoms with Gasteiger partial charge in [0.1, 0.15) is 22.7 Å². The molecule has 1 aliphatic heterocycles. The molecule has 2 aromatic rings. The van der Waals surface area contributed by atoms with Gasteiger partial charge in [0.05, 0.1) is 13.7 Å². The monoisotopic (exact) mass is 343 g/mol. The van der Waals surface area contributed by atoms with Crippen LogP contribution >= 0.6 is 0 Å². The molecule has 1 aromatic carbocycles. The summed E-state index contributed by atoms with van der Waals surface area (Å²) in [4.78, 5) is 26.1. The van der Waals surface area contributed by atoms with Crippen molar-refractivity contribution in [1.82, 2.24) is 15.4 Å². The minimum absolute atomic E-state index is 0.111. The van der Waals surface area contributed by atoms with Crippen molar-refractivity contribution in [3.63, 3.8) is 0 Å². The summed E-state index contributed by atoms with van der Waals surface area (Å²) in [6.45, 7) is 3.63. The predicted molar refractivity (Wildman–Crippen MR) is 90.0 cm³/mol. The highest BCUT2D eigenvalue weighted by molar-refractivity contribution is 6.06. The molecule has 0 unspecified atom stereocenters. The second-order valence-electron chi connectivity index (χ2n) is 6.43. The fourth-order valence-corrected chi connectivity index (χ4v) is 2.90. The van der Waals surface area contributed by atoms with Crippen molar-refractivity contribution in [2.24, 2.45) is 0 Å². The Labute approximate surface area is 145 Å². The van der Waals surface area contributed by atoms with Crippen molar-refractivity contribution < 1.29 is 18.8 Å². The van der Waals surface area contributed by atoms with Gasteiger partial charge in [0.15, 0.2) is 0 Å². The Morgan fingerprint density at radius 3 is 2.60 bits per heavy atom. The average molecular weight is 343 g/mol. The summed E-state index contributed by atoms with van der Waals surface area (Å²) in [5.41, 5.74) is 0.713. The number of carbonyl (C=O) groups is 2. The molecule has 0 aliphatic carbocycles. The van der Waals surface area contributed by atoms with E-state index in [-0.39, 0.29) is 12.5 Å². The van der Waals surface area contributed by atoms with Gasteiger partial charge in [0, 0.05) is 6.07 Å². The normalized spacial score (nSPS) is 20.0. The fraction of sp³-hybridized carbons (Fsp3) is 0.389. The number of aromatic nitrogens is 1. The number of methoxy groups -OCH3 is 1. The second-order valence-corrected chi connectivity index (χ2v) is 6.43. The molecule has 3 amide bonds. The number of hydrogen-bond acceptors (Lipinski definition) is 5. The van der Waals surface area contributed by atoms with E-state index in [0.717, 1.165) is 11.3 Å². The van der Waals surface area contributed by atoms with E-state index < -0.39 is 11.6 Å². The zero-order valence-electron chi connectivity index (χ0n) is 14.5. The number of carbonyl (C=O) groups excluding carboxylic acids is 2. The first-order chi connectivity index (χ1) is 11.9. The van der Waals surface area contributed by atoms with Crippen LogP contribution in [0.4, 0.5) is 4.79 Å². The lowest BCUT2D eigenvalue weighted by Gasteiger charge is -2.21. The summed E-state index contributed by atoms with van der Waals surface area (Å²) in [5, 5.41) is 6.65. The van der Waals surface area contributed by atoms with E-state index in [1.165, 1.54) is 4.90 Å². The molecule has 7 heteroatoms. The summed E-state index contributed by atoms with van der Waals surface area (Å²) < 4.78 is 10.1. The number of amides is 3. The standard InChI is InChI=1S/C18H21N3O4/c1-12-10-14(20-25-12)11-21-16(22)18(2,19-17(21)23)9-8-13-4-6-15(24-3)7-5-13/h4-7,10H,8-9,11H2,1-3H3,(H,19,23)/t18-/m1/s1. The van der Waals surface area contributed by atoms with E-state index in [1.807, 2.05) is 24.3 Å². The second kappa shape index (κ2) is 6.58. The van der Waals surface area contributed by atoms with Crippen LogP contribution in [0.25, 0.3) is 0 Å². The van der Waals surface area contributed by atoms with Gasteiger partial charge in [0.2, 0.25) is 0 Å². The molecule has 1 aromatic heterocycles. The molecular weight excluding hydrogens is 322 g/mol. The molecule has 1 fully saturated rings. The van der Waals surface area contributed by atoms with Crippen molar-refractivity contribution in [2.75, 3.05) is 7.11 Å². The third-order valence-corrected chi connectivity index (χ3v) is 4.41. The average Bonchev–Trinajstić information content (AvgIpc) is 3.10. The van der Waals surface area contributed by atoms with E-state index in [2.05, 4.69) is 10.5 Å². The lowest BCUT2D eigenvalue weighted by molar-refractivity contribution is -0.131. The number of imide groups is 1. The fourth-order valence-electron chi connectivity index (χ4n) is 2.90. The molecule has 7 nitrogen and oxygen atoms in total. The molecule has 25 heavy (non-hydrogen) atoms. The molecule has 2 heterocycles. The lowest BCUT2D eigenvalue weighted by atomic mass is 9.93. The first-order valence-corrected chi connectivity index (χ1v) is 8.10. The van der Waals surface area contributed by atoms with Gasteiger partial charge in [-0.05, 0) is 44.4 Å². The van der Waals surface area contributed by atoms with Crippen LogP contribution in [0.3, 0.4) is 0 Å². The SMILES string of the molecule is COc1ccc(CC[C@@]2(C)NC(=O)N(Cc3cc(C)on3)C2=O)cc1. The van der Waals surface area contributed by atoms with Crippen molar-refractivity contribution >= 4 is 11.9 Å². The van der Waals surface area contributed by atoms with Crippen LogP contribution < -0.4 is 10.1 Å². The largest absolute Gasteiger partial charge is 0.497 e. The molecule has 0 spiro atoms. The minimum Gasteiger partial charge on any atom is -0.497 e. The third kappa shape index (κ3) is 3.50. The molecule has 1 saturated heterocycles. The maximum atomic E-state index is 12.7. The van der Waals surface area contributed by atoms with Crippen molar-refractivity contribution in [1.29, 1.82) is 0 Å². The van der Waals surface area contributed by atoms with Gasteiger partial charge in [-0.3, -0.25) is 9.69 Å². The Balaban J connectivity index is 1.66. The molecule has 0 saturated carbocycles. The predicted octanol–water partition coefficient (Wildman–Crippen LogP) is 2.43. The van der Waals surface area contributed by atoms with Crippen LogP contribution in [0.1, 0.15) is 30.4 Å². The van der Waals surface area contributed by atoms with Gasteiger partial charge in [-0.25, -0.2) is 4.79 Å². The highest BCUT2D eigenvalue weighted by atomic mass is 16.5. The molecule has 1 N–H and O–H groups in total. The molecule has 3 rings (SSSR count). The maximum Gasteiger partial charge on any atom is 0.325 e. The van der Waals surface area contributed by atoms with Gasteiger partial charge in [-0.1, -0.05) is 17.3 Å². The van der Waals surface area contributed by atoms with Crippen LogP contribution in [-0.4, -0.2) is 34.6 Å². The maximum absolute atomic E-state index is 12.7. The number of urea groups is 1. The Bertz CT molecular complexity index is 784. The Hall–Kier alpha value is -2.83. The zero-order valence-corrected chi connectivity index (χ0v) is 14.5. The Morgan fingerprint density at radius 2 is 2.00 bits per heavy atom. The summed E-state index contributed by atoms with van der Waals surface area (Å²) in [6, 6.07) is 8.99. The summed E-state index contributed by atoms with van der Waals surface area (Å²) >= 11 is 0. The van der Waals surface area contributed by atoms with Gasteiger partial charge in [-0.15, -0.1) is 0 Å². The van der Waals surface area contributed by atoms with Gasteiger partial charge in [0.25, 0.3) is 5.91 Å². The van der Waals surface area contributed by atoms with Crippen LogP contribution in [0.5, 0.6) is 5.75 Å². The summed E-state index contributed by atoms with van der Waals surface area (Å²) in [5.74, 6) is 1.19. The Kier molecular flexibility index (Phi) is 4.48. The van der Waals surface area contributed by atoms with E-state index in [0.29, 0.717) is 24.3 Å². The molecule has 0 radical (unpaired) electrons. The van der Waals surface area contributed by atoms with Gasteiger partial charge < -0.3 is 14.6 Å². The van der Waals surface area contributed by atoms with Crippen molar-refractivity contribution in [3.05, 3.63) is 47.3 Å². The highest BCUT2D eigenvalue weighted by Crippen LogP contribution is 2.25. The number of ether oxygens (including phenoxy) is 1. The number of hydrogen-bond donors (Lipinski definition) is 1. The van der Waals surface area contributed by atoms with Crippen LogP contribution in [0.2, 0.25) is 0 Å². The van der Waals surface area contributed by atoms with E-state index >= 15 is 0 Å². The van der Waals surface area contributed by atoms with E-state index in [1.54, 1.807) is 27.0 Å². The number of benzene rings is 1. The van der Waals surface area contributed by atoms with Crippen molar-refractivity contribution in [3.8, 4) is 5.75 Å². The number of aryl methyl sites for hydroxylation is 2. The highest BCUT2D eigenvalue weighted by Gasteiger charge is 2.47. The first-order valence-electron chi connectivity index (χ1n) is 8.10. The van der Waals surface area contributed by atoms with Gasteiger partial charge in [-0.2, -0.15) is 0 Å². The molecular formula is C18H21N3O4. The number of nitrogens with one attached hydrogen (secondary N) is 1. The first kappa shape index (κ1) is 17.0. The number of rotatable bonds is 6. The molecule has 1 aliphatic rings. The van der Waals surface area contributed by atoms with Crippen molar-refractivity contribution in [2.45, 2.75) is 38.8 Å². The lowest BCUT2D eigenvalue weighted by Crippen LogP contribution is -2.44. The van der Waals surface area contributed by atoms with E-state index in [9.17, 15) is 9.59 Å². The zero-order chi connectivity index (χ0) is 18.0. The summed E-state index contributed by atoms with van der Waals surface area (Å²) in [6.07, 6.45) is 1.18. The third-order valence-electron chi connectivity index (χ3n) is 4.41. The smallest absolute Gasteiger partial charge is 0.325 e. The molecule has 132 valence electrons. The minimum atomic E-state index is -0.921. The van der Waals surface area contributed by atoms with Crippen LogP contribution in [-0.2, 0) is 17.8 Å². The van der Waals surface area contributed by atoms with E-state index in [4.69, 9.17) is 9.26 Å². The topological polar surface area (TPSA) is 84.7 Å². The summed E-state index contributed by atoms with van der Waals surface area (Å²) in [7, 11) is 1.62. The molecule has 1 atom stereocenters. The van der Waals surface area contributed by atoms with Gasteiger partial charge >= 0.3 is 6.03 Å².